The smallest absolute Gasteiger partial charge is 0.321 e. The summed E-state index contributed by atoms with van der Waals surface area (Å²) in [6.07, 6.45) is 0. The normalized spacial score (nSPS) is 11.7. The summed E-state index contributed by atoms with van der Waals surface area (Å²) in [6, 6.07) is 7.72. The van der Waals surface area contributed by atoms with Crippen LogP contribution in [0.1, 0.15) is 46.1 Å². The fourth-order valence-electron chi connectivity index (χ4n) is 1.36. The number of rotatable bonds is 4. The van der Waals surface area contributed by atoms with Gasteiger partial charge in [-0.2, -0.15) is 0 Å². The molecule has 0 saturated heterocycles. The maximum Gasteiger partial charge on any atom is 0.321 e. The second kappa shape index (κ2) is 6.28. The predicted octanol–water partition coefficient (Wildman–Crippen LogP) is 4.25. The van der Waals surface area contributed by atoms with Crippen LogP contribution in [-0.4, -0.2) is 16.5 Å². The fraction of sp³-hybridized carbons (Fsp3) is 0.533. The van der Waals surface area contributed by atoms with Crippen molar-refractivity contribution in [2.24, 2.45) is 0 Å². The molecule has 0 heterocycles. The van der Waals surface area contributed by atoms with Crippen LogP contribution in [0.3, 0.4) is 0 Å². The van der Waals surface area contributed by atoms with E-state index in [9.17, 15) is 4.79 Å². The van der Waals surface area contributed by atoms with Gasteiger partial charge < -0.3 is 4.74 Å². The Kier molecular flexibility index (Phi) is 5.27. The Hall–Kier alpha value is -0.960. The van der Waals surface area contributed by atoms with E-state index in [4.69, 9.17) is 4.74 Å². The summed E-state index contributed by atoms with van der Waals surface area (Å²) in [5.74, 6) is 1.31. The molecule has 3 heteroatoms. The second-order valence-electron chi connectivity index (χ2n) is 5.60. The molecule has 0 saturated carbocycles. The van der Waals surface area contributed by atoms with Crippen LogP contribution in [0, 0.1) is 0 Å². The van der Waals surface area contributed by atoms with Crippen molar-refractivity contribution < 1.29 is 9.53 Å². The Morgan fingerprint density at radius 1 is 1.22 bits per heavy atom. The summed E-state index contributed by atoms with van der Waals surface area (Å²) in [5, 5.41) is 0. The van der Waals surface area contributed by atoms with Gasteiger partial charge in [0.25, 0.3) is 0 Å². The number of carbonyl (C=O) groups is 1. The lowest BCUT2D eigenvalue weighted by Gasteiger charge is -2.16. The first-order valence-corrected chi connectivity index (χ1v) is 7.21. The first-order valence-electron chi connectivity index (χ1n) is 6.22. The Morgan fingerprint density at radius 3 is 2.22 bits per heavy atom. The Bertz CT molecular complexity index is 388. The number of esters is 1. The summed E-state index contributed by atoms with van der Waals surface area (Å²) in [5.41, 5.74) is 1.25. The fourth-order valence-corrected chi connectivity index (χ4v) is 1.97. The van der Waals surface area contributed by atoms with Crippen molar-refractivity contribution >= 4 is 17.7 Å². The van der Waals surface area contributed by atoms with Crippen LogP contribution in [0.2, 0.25) is 0 Å². The molecule has 0 aromatic heterocycles. The number of hydrogen-bond donors (Lipinski definition) is 0. The molecule has 0 fully saturated rings. The van der Waals surface area contributed by atoms with Gasteiger partial charge in [-0.1, -0.05) is 46.8 Å². The van der Waals surface area contributed by atoms with Gasteiger partial charge in [0.1, 0.15) is 5.75 Å². The van der Waals surface area contributed by atoms with Crippen molar-refractivity contribution in [2.45, 2.75) is 45.3 Å². The topological polar surface area (TPSA) is 26.3 Å². The van der Waals surface area contributed by atoms with E-state index in [1.807, 2.05) is 24.3 Å². The first-order chi connectivity index (χ1) is 8.28. The van der Waals surface area contributed by atoms with Crippen LogP contribution in [0.4, 0.5) is 0 Å². The third-order valence-corrected chi connectivity index (χ3v) is 3.65. The molecule has 0 aliphatic heterocycles. The Morgan fingerprint density at radius 2 is 1.78 bits per heavy atom. The van der Waals surface area contributed by atoms with E-state index in [1.54, 1.807) is 11.8 Å². The van der Waals surface area contributed by atoms with E-state index in [0.717, 1.165) is 0 Å². The van der Waals surface area contributed by atoms with Gasteiger partial charge in [-0.15, -0.1) is 11.8 Å². The van der Waals surface area contributed by atoms with E-state index in [2.05, 4.69) is 34.6 Å². The first kappa shape index (κ1) is 15.1. The highest BCUT2D eigenvalue weighted by atomic mass is 32.2. The highest BCUT2D eigenvalue weighted by molar-refractivity contribution is 8.01. The lowest BCUT2D eigenvalue weighted by Crippen LogP contribution is -2.16. The average Bonchev–Trinajstić information content (AvgIpc) is 2.26. The number of hydrogen-bond acceptors (Lipinski definition) is 3. The molecule has 0 aliphatic rings. The molecule has 0 bridgehead atoms. The largest absolute Gasteiger partial charge is 0.426 e. The summed E-state index contributed by atoms with van der Waals surface area (Å²) >= 11 is 1.59. The molecule has 18 heavy (non-hydrogen) atoms. The van der Waals surface area contributed by atoms with Crippen LogP contribution in [-0.2, 0) is 4.79 Å². The molecule has 0 radical (unpaired) electrons. The molecule has 0 amide bonds. The van der Waals surface area contributed by atoms with Crippen LogP contribution >= 0.6 is 11.8 Å². The molecule has 1 aromatic rings. The highest BCUT2D eigenvalue weighted by Crippen LogP contribution is 2.24. The minimum atomic E-state index is -0.188. The lowest BCUT2D eigenvalue weighted by atomic mass is 10.0. The molecule has 0 aliphatic carbocycles. The standard InChI is InChI=1S/C15H22O2S/c1-11(2)12-6-8-13(9-7-12)17-14(16)10-18-15(3,4)5/h6-9,11H,10H2,1-5H3. The van der Waals surface area contributed by atoms with Crippen molar-refractivity contribution in [3.05, 3.63) is 29.8 Å². The van der Waals surface area contributed by atoms with Gasteiger partial charge in [0.15, 0.2) is 0 Å². The molecule has 1 rings (SSSR count). The molecule has 0 N–H and O–H groups in total. The van der Waals surface area contributed by atoms with Crippen molar-refractivity contribution in [3.8, 4) is 5.75 Å². The maximum absolute atomic E-state index is 11.6. The molecule has 100 valence electrons. The molecule has 0 unspecified atom stereocenters. The zero-order valence-corrected chi connectivity index (χ0v) is 12.6. The van der Waals surface area contributed by atoms with Crippen LogP contribution in [0.25, 0.3) is 0 Å². The molecule has 0 atom stereocenters. The van der Waals surface area contributed by atoms with E-state index in [-0.39, 0.29) is 10.7 Å². The lowest BCUT2D eigenvalue weighted by molar-refractivity contribution is -0.131. The van der Waals surface area contributed by atoms with E-state index >= 15 is 0 Å². The Balaban J connectivity index is 2.50. The molecular weight excluding hydrogens is 244 g/mol. The van der Waals surface area contributed by atoms with Gasteiger partial charge in [-0.05, 0) is 23.6 Å². The van der Waals surface area contributed by atoms with Crippen molar-refractivity contribution in [1.29, 1.82) is 0 Å². The van der Waals surface area contributed by atoms with Crippen molar-refractivity contribution in [1.82, 2.24) is 0 Å². The highest BCUT2D eigenvalue weighted by Gasteiger charge is 2.14. The molecule has 1 aromatic carbocycles. The van der Waals surface area contributed by atoms with Gasteiger partial charge >= 0.3 is 5.97 Å². The van der Waals surface area contributed by atoms with Crippen LogP contribution in [0.5, 0.6) is 5.75 Å². The van der Waals surface area contributed by atoms with Gasteiger partial charge in [-0.3, -0.25) is 4.79 Å². The van der Waals surface area contributed by atoms with Crippen LogP contribution < -0.4 is 4.74 Å². The number of ether oxygens (including phenoxy) is 1. The van der Waals surface area contributed by atoms with Crippen molar-refractivity contribution in [3.63, 3.8) is 0 Å². The zero-order valence-electron chi connectivity index (χ0n) is 11.8. The molecule has 0 spiro atoms. The molecule has 2 nitrogen and oxygen atoms in total. The van der Waals surface area contributed by atoms with Gasteiger partial charge in [0.05, 0.1) is 5.75 Å². The SMILES string of the molecule is CC(C)c1ccc(OC(=O)CSC(C)(C)C)cc1. The second-order valence-corrected chi connectivity index (χ2v) is 7.40. The summed E-state index contributed by atoms with van der Waals surface area (Å²) in [6.45, 7) is 10.5. The average molecular weight is 266 g/mol. The number of thioether (sulfide) groups is 1. The minimum absolute atomic E-state index is 0.0838. The maximum atomic E-state index is 11.6. The third-order valence-electron chi connectivity index (χ3n) is 2.40. The number of benzene rings is 1. The van der Waals surface area contributed by atoms with E-state index in [1.165, 1.54) is 5.56 Å². The zero-order chi connectivity index (χ0) is 13.8. The van der Waals surface area contributed by atoms with Gasteiger partial charge in [0.2, 0.25) is 0 Å². The van der Waals surface area contributed by atoms with Gasteiger partial charge in [-0.25, -0.2) is 0 Å². The predicted molar refractivity (Wildman–Crippen MR) is 78.4 cm³/mol. The van der Waals surface area contributed by atoms with Crippen LogP contribution in [0.15, 0.2) is 24.3 Å². The molecular formula is C15H22O2S. The summed E-state index contributed by atoms with van der Waals surface area (Å²) in [4.78, 5) is 11.6. The monoisotopic (exact) mass is 266 g/mol. The number of carbonyl (C=O) groups excluding carboxylic acids is 1. The third kappa shape index (κ3) is 5.58. The van der Waals surface area contributed by atoms with E-state index < -0.39 is 0 Å². The summed E-state index contributed by atoms with van der Waals surface area (Å²) < 4.78 is 5.37. The van der Waals surface area contributed by atoms with Crippen molar-refractivity contribution in [2.75, 3.05) is 5.75 Å². The van der Waals surface area contributed by atoms with E-state index in [0.29, 0.717) is 17.4 Å². The van der Waals surface area contributed by atoms with Gasteiger partial charge in [0, 0.05) is 4.75 Å². The minimum Gasteiger partial charge on any atom is -0.426 e. The quantitative estimate of drug-likeness (QED) is 0.602. The Labute approximate surface area is 114 Å². The summed E-state index contributed by atoms with van der Waals surface area (Å²) in [7, 11) is 0.